The van der Waals surface area contributed by atoms with E-state index in [9.17, 15) is 18.3 Å². The molecule has 2 aromatic rings. The van der Waals surface area contributed by atoms with E-state index in [1.165, 1.54) is 18.6 Å². The lowest BCUT2D eigenvalue weighted by Gasteiger charge is -2.10. The number of amides is 1. The van der Waals surface area contributed by atoms with Crippen LogP contribution in [0, 0.1) is 0 Å². The van der Waals surface area contributed by atoms with E-state index in [1.807, 2.05) is 31.1 Å². The molecule has 8 nitrogen and oxygen atoms in total. The van der Waals surface area contributed by atoms with Gasteiger partial charge >= 0.3 is 0 Å². The summed E-state index contributed by atoms with van der Waals surface area (Å²) in [6, 6.07) is 5.41. The minimum absolute atomic E-state index is 0.0552. The van der Waals surface area contributed by atoms with Crippen molar-refractivity contribution in [3.8, 4) is 0 Å². The van der Waals surface area contributed by atoms with E-state index in [2.05, 4.69) is 10.3 Å². The first-order valence-corrected chi connectivity index (χ1v) is 10.5. The van der Waals surface area contributed by atoms with Gasteiger partial charge in [0.1, 0.15) is 11.5 Å². The van der Waals surface area contributed by atoms with Gasteiger partial charge in [-0.15, -0.1) is 0 Å². The number of carbonyl (C=O) groups is 1. The van der Waals surface area contributed by atoms with Gasteiger partial charge in [-0.25, -0.2) is 8.42 Å². The third-order valence-corrected chi connectivity index (χ3v) is 5.19. The van der Waals surface area contributed by atoms with Crippen LogP contribution in [0.15, 0.2) is 53.2 Å². The SMILES string of the molecule is CN(C)Cc1ccnc(CC=C(O)CNC(=O)CS(=O)(=O)Cc2ccoc2)c1. The fraction of sp³-hybridized carbons (Fsp3) is 0.368. The molecule has 0 aliphatic carbocycles. The lowest BCUT2D eigenvalue weighted by Crippen LogP contribution is -2.32. The van der Waals surface area contributed by atoms with Crippen LogP contribution in [-0.2, 0) is 33.4 Å². The van der Waals surface area contributed by atoms with Crippen LogP contribution >= 0.6 is 0 Å². The Morgan fingerprint density at radius 1 is 1.32 bits per heavy atom. The Kier molecular flexibility index (Phi) is 7.77. The normalized spacial score (nSPS) is 12.3. The van der Waals surface area contributed by atoms with Crippen molar-refractivity contribution in [2.24, 2.45) is 0 Å². The number of rotatable bonds is 10. The van der Waals surface area contributed by atoms with E-state index in [0.29, 0.717) is 12.0 Å². The Morgan fingerprint density at radius 3 is 2.79 bits per heavy atom. The lowest BCUT2D eigenvalue weighted by molar-refractivity contribution is -0.118. The highest BCUT2D eigenvalue weighted by atomic mass is 32.2. The molecule has 0 aliphatic rings. The number of pyridine rings is 1. The van der Waals surface area contributed by atoms with Gasteiger partial charge in [-0.1, -0.05) is 0 Å². The first-order chi connectivity index (χ1) is 13.2. The molecule has 9 heteroatoms. The van der Waals surface area contributed by atoms with Crippen LogP contribution in [0.25, 0.3) is 0 Å². The standard InChI is InChI=1S/C19H25N3O5S/c1-22(2)11-15-5-7-20-17(9-15)3-4-18(23)10-21-19(24)14-28(25,26)13-16-6-8-27-12-16/h4-9,12,23H,3,10-11,13-14H2,1-2H3,(H,21,24). The second-order valence-corrected chi connectivity index (χ2v) is 8.80. The molecule has 2 N–H and O–H groups in total. The van der Waals surface area contributed by atoms with E-state index < -0.39 is 21.5 Å². The molecule has 0 radical (unpaired) electrons. The summed E-state index contributed by atoms with van der Waals surface area (Å²) in [6.07, 6.45) is 6.36. The van der Waals surface area contributed by atoms with Crippen LogP contribution in [-0.4, -0.2) is 55.7 Å². The molecule has 0 aromatic carbocycles. The molecule has 0 fully saturated rings. The Bertz CT molecular complexity index is 905. The fourth-order valence-corrected chi connectivity index (χ4v) is 3.79. The molecule has 0 spiro atoms. The van der Waals surface area contributed by atoms with Crippen LogP contribution in [0.3, 0.4) is 0 Å². The summed E-state index contributed by atoms with van der Waals surface area (Å²) in [5.41, 5.74) is 2.39. The van der Waals surface area contributed by atoms with Gasteiger partial charge in [0, 0.05) is 30.4 Å². The van der Waals surface area contributed by atoms with E-state index in [1.54, 1.807) is 12.3 Å². The molecule has 152 valence electrons. The highest BCUT2D eigenvalue weighted by Gasteiger charge is 2.18. The predicted octanol–water partition coefficient (Wildman–Crippen LogP) is 1.45. The van der Waals surface area contributed by atoms with Crippen molar-refractivity contribution in [1.29, 1.82) is 0 Å². The molecule has 0 unspecified atom stereocenters. The highest BCUT2D eigenvalue weighted by molar-refractivity contribution is 7.91. The number of hydrogen-bond acceptors (Lipinski definition) is 7. The Balaban J connectivity index is 1.81. The number of hydrogen-bond donors (Lipinski definition) is 2. The van der Waals surface area contributed by atoms with Crippen LogP contribution in [0.4, 0.5) is 0 Å². The van der Waals surface area contributed by atoms with Crippen molar-refractivity contribution >= 4 is 15.7 Å². The largest absolute Gasteiger partial charge is 0.511 e. The third kappa shape index (κ3) is 7.93. The summed E-state index contributed by atoms with van der Waals surface area (Å²) in [4.78, 5) is 18.1. The van der Waals surface area contributed by atoms with E-state index in [4.69, 9.17) is 4.42 Å². The molecule has 0 saturated heterocycles. The molecule has 0 aliphatic heterocycles. The first-order valence-electron chi connectivity index (χ1n) is 8.68. The molecule has 0 bridgehead atoms. The number of carbonyl (C=O) groups excluding carboxylic acids is 1. The maximum atomic E-state index is 12.0. The fourth-order valence-electron chi connectivity index (χ4n) is 2.52. The van der Waals surface area contributed by atoms with Gasteiger partial charge in [0.2, 0.25) is 5.91 Å². The minimum Gasteiger partial charge on any atom is -0.511 e. The quantitative estimate of drug-likeness (QED) is 0.573. The number of sulfone groups is 1. The summed E-state index contributed by atoms with van der Waals surface area (Å²) >= 11 is 0. The van der Waals surface area contributed by atoms with Crippen molar-refractivity contribution in [3.63, 3.8) is 0 Å². The monoisotopic (exact) mass is 407 g/mol. The van der Waals surface area contributed by atoms with Crippen LogP contribution < -0.4 is 5.32 Å². The molecule has 1 amide bonds. The predicted molar refractivity (Wildman–Crippen MR) is 105 cm³/mol. The maximum absolute atomic E-state index is 12.0. The second kappa shape index (κ2) is 10.0. The molecular weight excluding hydrogens is 382 g/mol. The number of aliphatic hydroxyl groups is 1. The summed E-state index contributed by atoms with van der Waals surface area (Å²) in [7, 11) is 0.343. The van der Waals surface area contributed by atoms with Gasteiger partial charge in [-0.05, 0) is 43.9 Å². The van der Waals surface area contributed by atoms with Crippen molar-refractivity contribution in [2.45, 2.75) is 18.7 Å². The summed E-state index contributed by atoms with van der Waals surface area (Å²) < 4.78 is 28.8. The van der Waals surface area contributed by atoms with Gasteiger partial charge in [0.05, 0.1) is 24.8 Å². The molecule has 2 rings (SSSR count). The molecule has 0 saturated carbocycles. The molecular formula is C19H25N3O5S. The van der Waals surface area contributed by atoms with Crippen molar-refractivity contribution < 1.29 is 22.7 Å². The average Bonchev–Trinajstić information content (AvgIpc) is 3.09. The van der Waals surface area contributed by atoms with E-state index in [-0.39, 0.29) is 18.1 Å². The van der Waals surface area contributed by atoms with Crippen molar-refractivity contribution in [1.82, 2.24) is 15.2 Å². The molecule has 0 atom stereocenters. The number of nitrogens with zero attached hydrogens (tertiary/aromatic N) is 2. The zero-order valence-corrected chi connectivity index (χ0v) is 16.8. The van der Waals surface area contributed by atoms with Crippen molar-refractivity contribution in [2.75, 3.05) is 26.4 Å². The van der Waals surface area contributed by atoms with Gasteiger partial charge < -0.3 is 19.7 Å². The van der Waals surface area contributed by atoms with Gasteiger partial charge in [-0.3, -0.25) is 9.78 Å². The lowest BCUT2D eigenvalue weighted by atomic mass is 10.2. The number of aliphatic hydroxyl groups excluding tert-OH is 1. The summed E-state index contributed by atoms with van der Waals surface area (Å²) in [5, 5.41) is 12.3. The summed E-state index contributed by atoms with van der Waals surface area (Å²) in [5.74, 6) is -1.65. The van der Waals surface area contributed by atoms with Gasteiger partial charge in [0.15, 0.2) is 9.84 Å². The molecule has 28 heavy (non-hydrogen) atoms. The van der Waals surface area contributed by atoms with Crippen LogP contribution in [0.1, 0.15) is 16.8 Å². The van der Waals surface area contributed by atoms with Crippen LogP contribution in [0.2, 0.25) is 0 Å². The Hall–Kier alpha value is -2.65. The first kappa shape index (κ1) is 21.6. The van der Waals surface area contributed by atoms with E-state index in [0.717, 1.165) is 17.8 Å². The Morgan fingerprint density at radius 2 is 2.11 bits per heavy atom. The number of nitrogens with one attached hydrogen (secondary N) is 1. The topological polar surface area (TPSA) is 113 Å². The molecule has 2 heterocycles. The Labute approximate surface area is 164 Å². The van der Waals surface area contributed by atoms with Crippen molar-refractivity contribution in [3.05, 3.63) is 65.6 Å². The van der Waals surface area contributed by atoms with Gasteiger partial charge in [0.25, 0.3) is 0 Å². The molecule has 2 aromatic heterocycles. The average molecular weight is 407 g/mol. The maximum Gasteiger partial charge on any atom is 0.235 e. The number of furan rings is 1. The smallest absolute Gasteiger partial charge is 0.235 e. The minimum atomic E-state index is -3.61. The number of allylic oxidation sites excluding steroid dienone is 1. The zero-order valence-electron chi connectivity index (χ0n) is 16.0. The van der Waals surface area contributed by atoms with Crippen LogP contribution in [0.5, 0.6) is 0 Å². The van der Waals surface area contributed by atoms with E-state index >= 15 is 0 Å². The third-order valence-electron chi connectivity index (χ3n) is 3.71. The second-order valence-electron chi connectivity index (χ2n) is 6.73. The zero-order chi connectivity index (χ0) is 20.6. The highest BCUT2D eigenvalue weighted by Crippen LogP contribution is 2.08. The summed E-state index contributed by atoms with van der Waals surface area (Å²) in [6.45, 7) is 0.645. The number of aromatic nitrogens is 1. The van der Waals surface area contributed by atoms with Gasteiger partial charge in [-0.2, -0.15) is 0 Å².